The van der Waals surface area contributed by atoms with Crippen LogP contribution in [0.5, 0.6) is 11.5 Å². The van der Waals surface area contributed by atoms with E-state index < -0.39 is 12.1 Å². The number of anilines is 2. The molecule has 9 heteroatoms. The molecule has 0 aromatic heterocycles. The fourth-order valence-electron chi connectivity index (χ4n) is 4.97. The summed E-state index contributed by atoms with van der Waals surface area (Å²) in [6.07, 6.45) is 2.07. The Labute approximate surface area is 228 Å². The standard InChI is InChI=1S/C29H35ClN2O6/c1-5-6-12-37-18-10-11-19(20(30)15-18)27-25-21(16-29(2,3)17-24(25)34)31-26-22(8-7-9-23(26)33)32(27)28(35)38-14-13-36-4/h7-11,15,27,31,33H,5-6,12-14,16-17H2,1-4H3. The Hall–Kier alpha value is -3.23. The van der Waals surface area contributed by atoms with Gasteiger partial charge >= 0.3 is 6.09 Å². The number of para-hydroxylation sites is 1. The number of hydrogen-bond donors (Lipinski definition) is 2. The van der Waals surface area contributed by atoms with Crippen molar-refractivity contribution in [2.24, 2.45) is 5.41 Å². The quantitative estimate of drug-likeness (QED) is 0.285. The molecule has 2 aliphatic rings. The van der Waals surface area contributed by atoms with Crippen LogP contribution in [-0.4, -0.2) is 43.9 Å². The largest absolute Gasteiger partial charge is 0.506 e. The fourth-order valence-corrected chi connectivity index (χ4v) is 5.25. The second kappa shape index (κ2) is 11.7. The molecule has 1 aliphatic heterocycles. The molecule has 1 aliphatic carbocycles. The number of nitrogens with zero attached hydrogens (tertiary/aromatic N) is 1. The number of amides is 1. The first-order chi connectivity index (χ1) is 18.2. The maximum Gasteiger partial charge on any atom is 0.415 e. The van der Waals surface area contributed by atoms with Gasteiger partial charge < -0.3 is 24.6 Å². The highest BCUT2D eigenvalue weighted by molar-refractivity contribution is 6.31. The van der Waals surface area contributed by atoms with Gasteiger partial charge in [0.15, 0.2) is 5.78 Å². The number of ether oxygens (including phenoxy) is 3. The van der Waals surface area contributed by atoms with Crippen molar-refractivity contribution in [3.05, 3.63) is 58.3 Å². The number of phenols is 1. The summed E-state index contributed by atoms with van der Waals surface area (Å²) in [6, 6.07) is 9.28. The van der Waals surface area contributed by atoms with Crippen molar-refractivity contribution < 1.29 is 28.9 Å². The number of hydrogen-bond acceptors (Lipinski definition) is 7. The predicted octanol–water partition coefficient (Wildman–Crippen LogP) is 6.62. The summed E-state index contributed by atoms with van der Waals surface area (Å²) in [6.45, 7) is 6.92. The average Bonchev–Trinajstić information content (AvgIpc) is 2.99. The summed E-state index contributed by atoms with van der Waals surface area (Å²) in [7, 11) is 1.52. The van der Waals surface area contributed by atoms with Gasteiger partial charge in [0.05, 0.1) is 24.9 Å². The van der Waals surface area contributed by atoms with E-state index in [1.165, 1.54) is 18.1 Å². The van der Waals surface area contributed by atoms with Gasteiger partial charge in [-0.15, -0.1) is 0 Å². The molecule has 1 unspecified atom stereocenters. The number of carbonyl (C=O) groups excluding carboxylic acids is 2. The molecule has 2 aromatic carbocycles. The van der Waals surface area contributed by atoms with Crippen LogP contribution >= 0.6 is 11.6 Å². The minimum absolute atomic E-state index is 0.0188. The average molecular weight is 543 g/mol. The molecule has 0 fully saturated rings. The number of rotatable bonds is 8. The fraction of sp³-hybridized carbons (Fsp3) is 0.448. The van der Waals surface area contributed by atoms with Crippen molar-refractivity contribution in [1.29, 1.82) is 0 Å². The zero-order chi connectivity index (χ0) is 27.4. The molecule has 38 heavy (non-hydrogen) atoms. The lowest BCUT2D eigenvalue weighted by molar-refractivity contribution is -0.118. The van der Waals surface area contributed by atoms with Crippen molar-refractivity contribution in [2.45, 2.75) is 52.5 Å². The SMILES string of the molecule is CCCCOc1ccc(C2C3=C(CC(C)(C)CC3=O)Nc3c(O)cccc3N2C(=O)OCCOC)c(Cl)c1. The van der Waals surface area contributed by atoms with Crippen molar-refractivity contribution in [3.63, 3.8) is 0 Å². The van der Waals surface area contributed by atoms with E-state index in [4.69, 9.17) is 25.8 Å². The Morgan fingerprint density at radius 1 is 1.18 bits per heavy atom. The smallest absolute Gasteiger partial charge is 0.415 e. The Bertz CT molecular complexity index is 1240. The highest BCUT2D eigenvalue weighted by atomic mass is 35.5. The first-order valence-electron chi connectivity index (χ1n) is 12.9. The normalized spacial score (nSPS) is 18.3. The Kier molecular flexibility index (Phi) is 8.53. The maximum atomic E-state index is 13.8. The summed E-state index contributed by atoms with van der Waals surface area (Å²) in [4.78, 5) is 28.9. The van der Waals surface area contributed by atoms with Gasteiger partial charge in [-0.1, -0.05) is 50.9 Å². The maximum absolute atomic E-state index is 13.8. The van der Waals surface area contributed by atoms with Gasteiger partial charge in [-0.2, -0.15) is 0 Å². The molecule has 0 radical (unpaired) electrons. The van der Waals surface area contributed by atoms with E-state index in [1.54, 1.807) is 30.3 Å². The van der Waals surface area contributed by atoms with Gasteiger partial charge in [-0.3, -0.25) is 9.69 Å². The highest BCUT2D eigenvalue weighted by Crippen LogP contribution is 2.51. The van der Waals surface area contributed by atoms with E-state index in [0.29, 0.717) is 58.4 Å². The van der Waals surface area contributed by atoms with Crippen LogP contribution in [0.25, 0.3) is 0 Å². The van der Waals surface area contributed by atoms with Crippen molar-refractivity contribution >= 4 is 34.9 Å². The molecule has 1 heterocycles. The molecule has 8 nitrogen and oxygen atoms in total. The van der Waals surface area contributed by atoms with E-state index in [1.807, 2.05) is 13.8 Å². The minimum atomic E-state index is -0.892. The van der Waals surface area contributed by atoms with Gasteiger partial charge in [-0.25, -0.2) is 4.79 Å². The number of benzene rings is 2. The second-order valence-electron chi connectivity index (χ2n) is 10.4. The topological polar surface area (TPSA) is 97.3 Å². The number of ketones is 1. The van der Waals surface area contributed by atoms with Crippen LogP contribution in [0.15, 0.2) is 47.7 Å². The van der Waals surface area contributed by atoms with E-state index in [9.17, 15) is 14.7 Å². The number of Topliss-reactive ketones (excluding diaryl/α,β-unsaturated/α-hetero) is 1. The van der Waals surface area contributed by atoms with Crippen LogP contribution in [0.4, 0.5) is 16.2 Å². The molecular formula is C29H35ClN2O6. The van der Waals surface area contributed by atoms with Gasteiger partial charge in [0.1, 0.15) is 23.8 Å². The lowest BCUT2D eigenvalue weighted by atomic mass is 9.73. The first kappa shape index (κ1) is 27.8. The van der Waals surface area contributed by atoms with Crippen molar-refractivity contribution in [3.8, 4) is 11.5 Å². The molecule has 2 N–H and O–H groups in total. The van der Waals surface area contributed by atoms with Gasteiger partial charge in [0.2, 0.25) is 0 Å². The molecule has 1 amide bonds. The van der Waals surface area contributed by atoms with Gasteiger partial charge in [0.25, 0.3) is 0 Å². The molecular weight excluding hydrogens is 508 g/mol. The number of carbonyl (C=O) groups is 2. The number of nitrogens with one attached hydrogen (secondary N) is 1. The summed E-state index contributed by atoms with van der Waals surface area (Å²) in [5.41, 5.74) is 2.00. The number of unbranched alkanes of at least 4 members (excludes halogenated alkanes) is 1. The predicted molar refractivity (Wildman–Crippen MR) is 147 cm³/mol. The number of methoxy groups -OCH3 is 1. The number of allylic oxidation sites excluding steroid dienone is 1. The lowest BCUT2D eigenvalue weighted by Gasteiger charge is -2.37. The number of halogens is 1. The zero-order valence-corrected chi connectivity index (χ0v) is 23.1. The Morgan fingerprint density at radius 2 is 1.97 bits per heavy atom. The second-order valence-corrected chi connectivity index (χ2v) is 10.8. The van der Waals surface area contributed by atoms with E-state index in [0.717, 1.165) is 12.8 Å². The van der Waals surface area contributed by atoms with Crippen LogP contribution in [0, 0.1) is 5.41 Å². The molecule has 0 saturated heterocycles. The number of aromatic hydroxyl groups is 1. The van der Waals surface area contributed by atoms with Gasteiger partial charge in [-0.05, 0) is 48.1 Å². The lowest BCUT2D eigenvalue weighted by Crippen LogP contribution is -2.40. The third kappa shape index (κ3) is 5.76. The third-order valence-electron chi connectivity index (χ3n) is 6.75. The molecule has 0 bridgehead atoms. The van der Waals surface area contributed by atoms with E-state index in [2.05, 4.69) is 12.2 Å². The monoisotopic (exact) mass is 542 g/mol. The molecule has 0 saturated carbocycles. The number of fused-ring (bicyclic) bond motifs is 1. The van der Waals surface area contributed by atoms with E-state index in [-0.39, 0.29) is 30.2 Å². The summed E-state index contributed by atoms with van der Waals surface area (Å²) in [5, 5.41) is 14.5. The van der Waals surface area contributed by atoms with Crippen LogP contribution in [-0.2, 0) is 14.3 Å². The Morgan fingerprint density at radius 3 is 2.68 bits per heavy atom. The van der Waals surface area contributed by atoms with Crippen LogP contribution < -0.4 is 15.0 Å². The summed E-state index contributed by atoms with van der Waals surface area (Å²) in [5.74, 6) is 0.456. The summed E-state index contributed by atoms with van der Waals surface area (Å²) < 4.78 is 16.5. The number of phenolic OH excluding ortho intramolecular Hbond substituents is 1. The summed E-state index contributed by atoms with van der Waals surface area (Å²) >= 11 is 6.84. The molecule has 4 rings (SSSR count). The zero-order valence-electron chi connectivity index (χ0n) is 22.3. The molecule has 1 atom stereocenters. The highest BCUT2D eigenvalue weighted by Gasteiger charge is 2.45. The van der Waals surface area contributed by atoms with Crippen LogP contribution in [0.2, 0.25) is 5.02 Å². The van der Waals surface area contributed by atoms with Crippen LogP contribution in [0.3, 0.4) is 0 Å². The molecule has 2 aromatic rings. The van der Waals surface area contributed by atoms with Crippen LogP contribution in [0.1, 0.15) is 58.1 Å². The Balaban J connectivity index is 1.91. The van der Waals surface area contributed by atoms with Crippen molar-refractivity contribution in [1.82, 2.24) is 0 Å². The molecule has 0 spiro atoms. The van der Waals surface area contributed by atoms with Gasteiger partial charge in [0, 0.05) is 29.8 Å². The van der Waals surface area contributed by atoms with E-state index >= 15 is 0 Å². The third-order valence-corrected chi connectivity index (χ3v) is 7.08. The van der Waals surface area contributed by atoms with Crippen molar-refractivity contribution in [2.75, 3.05) is 37.1 Å². The first-order valence-corrected chi connectivity index (χ1v) is 13.3. The minimum Gasteiger partial charge on any atom is -0.506 e. The molecule has 204 valence electrons.